The number of carbonyl (C=O) groups excluding carboxylic acids is 1. The van der Waals surface area contributed by atoms with Crippen molar-refractivity contribution in [1.29, 1.82) is 0 Å². The first-order valence-corrected chi connectivity index (χ1v) is 12.6. The molecule has 0 radical (unpaired) electrons. The van der Waals surface area contributed by atoms with Crippen molar-refractivity contribution in [3.05, 3.63) is 64.5 Å². The Balaban J connectivity index is 1.65. The molecular weight excluding hydrogens is 455 g/mol. The number of carbonyl (C=O) groups is 1. The molecule has 1 saturated heterocycles. The fraction of sp³-hybridized carbons (Fsp3) is 0.393. The summed E-state index contributed by atoms with van der Waals surface area (Å²) in [6.07, 6.45) is 2.00. The average Bonchev–Trinajstić information content (AvgIpc) is 2.85. The van der Waals surface area contributed by atoms with Crippen LogP contribution in [-0.2, 0) is 0 Å². The zero-order valence-corrected chi connectivity index (χ0v) is 21.4. The van der Waals surface area contributed by atoms with E-state index in [0.29, 0.717) is 29.7 Å². The van der Waals surface area contributed by atoms with Gasteiger partial charge in [-0.1, -0.05) is 25.1 Å². The highest BCUT2D eigenvalue weighted by Gasteiger charge is 2.32. The lowest BCUT2D eigenvalue weighted by Gasteiger charge is -2.34. The molecule has 0 unspecified atom stereocenters. The molecule has 7 nitrogen and oxygen atoms in total. The molecule has 2 aliphatic rings. The Morgan fingerprint density at radius 1 is 1.06 bits per heavy atom. The summed E-state index contributed by atoms with van der Waals surface area (Å²) in [5.74, 6) is 0.516. The summed E-state index contributed by atoms with van der Waals surface area (Å²) >= 11 is 0. The second-order valence-electron chi connectivity index (χ2n) is 9.74. The minimum absolute atomic E-state index is 0.228. The molecule has 188 valence electrons. The topological polar surface area (TPSA) is 73.4 Å². The molecule has 1 fully saturated rings. The SMILES string of the molecule is CCN1CCC(Nc2nc(-c3ccc(F)cc3C)c3c(n2)N(c2c(C)cccc2C)CNC3=O)CC1. The van der Waals surface area contributed by atoms with Crippen LogP contribution in [0.3, 0.4) is 0 Å². The molecule has 36 heavy (non-hydrogen) atoms. The first-order valence-electron chi connectivity index (χ1n) is 12.6. The lowest BCUT2D eigenvalue weighted by molar-refractivity contribution is 0.0949. The Bertz CT molecular complexity index is 1280. The van der Waals surface area contributed by atoms with Gasteiger partial charge in [-0.15, -0.1) is 0 Å². The van der Waals surface area contributed by atoms with E-state index in [1.54, 1.807) is 6.07 Å². The minimum atomic E-state index is -0.318. The number of halogens is 1. The Labute approximate surface area is 211 Å². The normalized spacial score (nSPS) is 16.6. The van der Waals surface area contributed by atoms with Crippen molar-refractivity contribution in [3.8, 4) is 11.3 Å². The van der Waals surface area contributed by atoms with E-state index in [-0.39, 0.29) is 17.8 Å². The Hall–Kier alpha value is -3.52. The third-order valence-corrected chi connectivity index (χ3v) is 7.29. The number of piperidine rings is 1. The summed E-state index contributed by atoms with van der Waals surface area (Å²) in [7, 11) is 0. The zero-order chi connectivity index (χ0) is 25.4. The van der Waals surface area contributed by atoms with Gasteiger partial charge in [0.05, 0.1) is 18.1 Å². The number of aryl methyl sites for hydroxylation is 3. The van der Waals surface area contributed by atoms with Crippen molar-refractivity contribution in [3.63, 3.8) is 0 Å². The van der Waals surface area contributed by atoms with E-state index >= 15 is 0 Å². The molecule has 0 bridgehead atoms. The van der Waals surface area contributed by atoms with Gasteiger partial charge in [-0.05, 0) is 75.0 Å². The van der Waals surface area contributed by atoms with Crippen LogP contribution in [0.1, 0.15) is 46.8 Å². The number of fused-ring (bicyclic) bond motifs is 1. The molecule has 0 spiro atoms. The molecule has 1 amide bonds. The van der Waals surface area contributed by atoms with Crippen LogP contribution in [0.2, 0.25) is 0 Å². The van der Waals surface area contributed by atoms with Crippen molar-refractivity contribution >= 4 is 23.4 Å². The number of amides is 1. The van der Waals surface area contributed by atoms with Crippen LogP contribution < -0.4 is 15.5 Å². The predicted molar refractivity (Wildman–Crippen MR) is 141 cm³/mol. The highest BCUT2D eigenvalue weighted by Crippen LogP contribution is 2.39. The molecule has 1 aromatic heterocycles. The number of aromatic nitrogens is 2. The van der Waals surface area contributed by atoms with Gasteiger partial charge in [-0.3, -0.25) is 4.79 Å². The molecule has 0 atom stereocenters. The first kappa shape index (κ1) is 24.2. The molecular formula is C28H33FN6O. The number of benzene rings is 2. The van der Waals surface area contributed by atoms with Crippen LogP contribution in [-0.4, -0.2) is 53.1 Å². The maximum atomic E-state index is 14.0. The van der Waals surface area contributed by atoms with E-state index in [0.717, 1.165) is 60.4 Å². The molecule has 2 aliphatic heterocycles. The van der Waals surface area contributed by atoms with Crippen molar-refractivity contribution in [2.75, 3.05) is 36.5 Å². The van der Waals surface area contributed by atoms with Crippen LogP contribution in [0.25, 0.3) is 11.3 Å². The number of para-hydroxylation sites is 1. The number of anilines is 3. The van der Waals surface area contributed by atoms with Crippen molar-refractivity contribution in [1.82, 2.24) is 20.2 Å². The van der Waals surface area contributed by atoms with Crippen molar-refractivity contribution in [2.24, 2.45) is 0 Å². The predicted octanol–water partition coefficient (Wildman–Crippen LogP) is 4.94. The van der Waals surface area contributed by atoms with Gasteiger partial charge in [0.1, 0.15) is 11.4 Å². The van der Waals surface area contributed by atoms with Gasteiger partial charge in [0, 0.05) is 24.7 Å². The Morgan fingerprint density at radius 3 is 2.44 bits per heavy atom. The Morgan fingerprint density at radius 2 is 1.78 bits per heavy atom. The largest absolute Gasteiger partial charge is 0.351 e. The average molecular weight is 489 g/mol. The summed E-state index contributed by atoms with van der Waals surface area (Å²) in [5.41, 5.74) is 5.56. The van der Waals surface area contributed by atoms with Crippen LogP contribution in [0.4, 0.5) is 21.8 Å². The molecule has 3 aromatic rings. The maximum Gasteiger partial charge on any atom is 0.258 e. The first-order chi connectivity index (χ1) is 17.4. The fourth-order valence-electron chi connectivity index (χ4n) is 5.31. The molecule has 2 aromatic carbocycles. The van der Waals surface area contributed by atoms with Crippen molar-refractivity contribution < 1.29 is 9.18 Å². The second-order valence-corrected chi connectivity index (χ2v) is 9.74. The summed E-state index contributed by atoms with van der Waals surface area (Å²) in [5, 5.41) is 6.55. The van der Waals surface area contributed by atoms with Gasteiger partial charge < -0.3 is 20.4 Å². The molecule has 8 heteroatoms. The quantitative estimate of drug-likeness (QED) is 0.530. The molecule has 3 heterocycles. The number of hydrogen-bond donors (Lipinski definition) is 2. The fourth-order valence-corrected chi connectivity index (χ4v) is 5.31. The number of likely N-dealkylation sites (tertiary alicyclic amines) is 1. The van der Waals surface area contributed by atoms with Crippen molar-refractivity contribution in [2.45, 2.75) is 46.6 Å². The van der Waals surface area contributed by atoms with E-state index in [1.165, 1.54) is 12.1 Å². The lowest BCUT2D eigenvalue weighted by atomic mass is 9.99. The Kier molecular flexibility index (Phi) is 6.62. The van der Waals surface area contributed by atoms with E-state index in [4.69, 9.17) is 9.97 Å². The van der Waals surface area contributed by atoms with Crippen LogP contribution in [0, 0.1) is 26.6 Å². The monoisotopic (exact) mass is 488 g/mol. The van der Waals surface area contributed by atoms with Gasteiger partial charge in [0.25, 0.3) is 5.91 Å². The smallest absolute Gasteiger partial charge is 0.258 e. The standard InChI is InChI=1S/C28H33FN6O/c1-5-34-13-11-21(12-14-34)31-28-32-24(22-10-9-20(29)15-19(22)4)23-26(33-28)35(16-30-27(23)36)25-17(2)7-6-8-18(25)3/h6-10,15,21H,5,11-14,16H2,1-4H3,(H,30,36)(H,31,32,33). The van der Waals surface area contributed by atoms with Crippen LogP contribution in [0.5, 0.6) is 0 Å². The number of nitrogens with one attached hydrogen (secondary N) is 2. The van der Waals surface area contributed by atoms with Crippen LogP contribution in [0.15, 0.2) is 36.4 Å². The number of nitrogens with zero attached hydrogens (tertiary/aromatic N) is 4. The highest BCUT2D eigenvalue weighted by atomic mass is 19.1. The van der Waals surface area contributed by atoms with Gasteiger partial charge in [0.15, 0.2) is 5.82 Å². The van der Waals surface area contributed by atoms with Gasteiger partial charge in [0.2, 0.25) is 5.95 Å². The molecule has 0 saturated carbocycles. The molecule has 5 rings (SSSR count). The third kappa shape index (κ3) is 4.53. The minimum Gasteiger partial charge on any atom is -0.351 e. The highest BCUT2D eigenvalue weighted by molar-refractivity contribution is 6.07. The van der Waals surface area contributed by atoms with Gasteiger partial charge in [-0.25, -0.2) is 9.37 Å². The number of hydrogen-bond acceptors (Lipinski definition) is 6. The summed E-state index contributed by atoms with van der Waals surface area (Å²) in [6.45, 7) is 11.6. The number of rotatable bonds is 5. The van der Waals surface area contributed by atoms with Crippen LogP contribution >= 0.6 is 0 Å². The van der Waals surface area contributed by atoms with E-state index in [1.807, 2.05) is 13.0 Å². The lowest BCUT2D eigenvalue weighted by Crippen LogP contribution is -2.43. The molecule has 2 N–H and O–H groups in total. The van der Waals surface area contributed by atoms with Gasteiger partial charge >= 0.3 is 0 Å². The second kappa shape index (κ2) is 9.85. The van der Waals surface area contributed by atoms with E-state index < -0.39 is 0 Å². The summed E-state index contributed by atoms with van der Waals surface area (Å²) < 4.78 is 14.0. The third-order valence-electron chi connectivity index (χ3n) is 7.29. The summed E-state index contributed by atoms with van der Waals surface area (Å²) in [4.78, 5) is 27.5. The maximum absolute atomic E-state index is 14.0. The zero-order valence-electron chi connectivity index (χ0n) is 21.4. The van der Waals surface area contributed by atoms with E-state index in [2.05, 4.69) is 53.3 Å². The molecule has 0 aliphatic carbocycles. The van der Waals surface area contributed by atoms with E-state index in [9.17, 15) is 9.18 Å². The summed E-state index contributed by atoms with van der Waals surface area (Å²) in [6, 6.07) is 11.0. The van der Waals surface area contributed by atoms with Gasteiger partial charge in [-0.2, -0.15) is 4.98 Å².